The van der Waals surface area contributed by atoms with Gasteiger partial charge in [-0.15, -0.1) is 0 Å². The normalized spacial score (nSPS) is 21.4. The van der Waals surface area contributed by atoms with Crippen LogP contribution in [0.5, 0.6) is 0 Å². The number of fused-ring (bicyclic) bond motifs is 1. The van der Waals surface area contributed by atoms with Gasteiger partial charge in [0.2, 0.25) is 0 Å². The van der Waals surface area contributed by atoms with Crippen molar-refractivity contribution >= 4 is 28.4 Å². The lowest BCUT2D eigenvalue weighted by molar-refractivity contribution is 0.0947. The van der Waals surface area contributed by atoms with Crippen LogP contribution in [-0.2, 0) is 0 Å². The maximum atomic E-state index is 12.0. The number of nitrogens with one attached hydrogen (secondary N) is 1. The number of nitrogens with zero attached hydrogens (tertiary/aromatic N) is 1. The number of benzene rings is 1. The van der Waals surface area contributed by atoms with Crippen molar-refractivity contribution < 1.29 is 4.79 Å². The van der Waals surface area contributed by atoms with Gasteiger partial charge in [0.15, 0.2) is 0 Å². The molecule has 3 nitrogen and oxygen atoms in total. The van der Waals surface area contributed by atoms with Gasteiger partial charge in [0.05, 0.1) is 10.5 Å². The second kappa shape index (κ2) is 4.82. The molecule has 1 amide bonds. The third kappa shape index (κ3) is 2.56. The third-order valence-corrected chi connectivity index (χ3v) is 4.01. The molecule has 98 valence electrons. The van der Waals surface area contributed by atoms with Crippen molar-refractivity contribution in [1.29, 1.82) is 0 Å². The van der Waals surface area contributed by atoms with E-state index in [0.29, 0.717) is 16.6 Å². The van der Waals surface area contributed by atoms with Gasteiger partial charge in [0.1, 0.15) is 5.69 Å². The lowest BCUT2D eigenvalue weighted by Gasteiger charge is -2.06. The Morgan fingerprint density at radius 2 is 2.21 bits per heavy atom. The maximum Gasteiger partial charge on any atom is 0.269 e. The molecule has 2 unspecified atom stereocenters. The first-order valence-corrected chi connectivity index (χ1v) is 6.86. The van der Waals surface area contributed by atoms with E-state index in [1.54, 1.807) is 6.07 Å². The first-order valence-electron chi connectivity index (χ1n) is 6.48. The smallest absolute Gasteiger partial charge is 0.269 e. The quantitative estimate of drug-likeness (QED) is 0.933. The standard InChI is InChI=1S/C15H15ClN2O/c1-9-6-10(9)8-17-15(19)14-7-12(16)11-4-2-3-5-13(11)18-14/h2-5,7,9-10H,6,8H2,1H3,(H,17,19). The Morgan fingerprint density at radius 1 is 1.47 bits per heavy atom. The molecule has 4 heteroatoms. The van der Waals surface area contributed by atoms with E-state index in [1.807, 2.05) is 24.3 Å². The number of aromatic nitrogens is 1. The molecule has 0 saturated heterocycles. The fourth-order valence-corrected chi connectivity index (χ4v) is 2.51. The molecule has 3 rings (SSSR count). The van der Waals surface area contributed by atoms with Crippen molar-refractivity contribution in [2.75, 3.05) is 6.54 Å². The van der Waals surface area contributed by atoms with Crippen LogP contribution in [0.1, 0.15) is 23.8 Å². The number of para-hydroxylation sites is 1. The summed E-state index contributed by atoms with van der Waals surface area (Å²) < 4.78 is 0. The van der Waals surface area contributed by atoms with Crippen LogP contribution < -0.4 is 5.32 Å². The van der Waals surface area contributed by atoms with Gasteiger partial charge in [-0.25, -0.2) is 4.98 Å². The third-order valence-electron chi connectivity index (χ3n) is 3.70. The monoisotopic (exact) mass is 274 g/mol. The fraction of sp³-hybridized carbons (Fsp3) is 0.333. The van der Waals surface area contributed by atoms with Crippen molar-refractivity contribution in [3.05, 3.63) is 41.0 Å². The van der Waals surface area contributed by atoms with Gasteiger partial charge in [-0.1, -0.05) is 36.7 Å². The molecule has 1 heterocycles. The minimum atomic E-state index is -0.147. The summed E-state index contributed by atoms with van der Waals surface area (Å²) in [6, 6.07) is 9.19. The number of rotatable bonds is 3. The molecule has 1 aromatic heterocycles. The Hall–Kier alpha value is -1.61. The van der Waals surface area contributed by atoms with E-state index in [2.05, 4.69) is 17.2 Å². The number of carbonyl (C=O) groups is 1. The molecular formula is C15H15ClN2O. The van der Waals surface area contributed by atoms with Crippen LogP contribution in [0.4, 0.5) is 0 Å². The van der Waals surface area contributed by atoms with Gasteiger partial charge in [-0.3, -0.25) is 4.79 Å². The van der Waals surface area contributed by atoms with Crippen LogP contribution in [0.2, 0.25) is 5.02 Å². The zero-order chi connectivity index (χ0) is 13.4. The van der Waals surface area contributed by atoms with Crippen molar-refractivity contribution in [2.24, 2.45) is 11.8 Å². The molecule has 0 spiro atoms. The van der Waals surface area contributed by atoms with Gasteiger partial charge in [0.25, 0.3) is 5.91 Å². The van der Waals surface area contributed by atoms with Gasteiger partial charge < -0.3 is 5.32 Å². The Morgan fingerprint density at radius 3 is 2.95 bits per heavy atom. The average Bonchev–Trinajstić information content (AvgIpc) is 3.12. The van der Waals surface area contributed by atoms with E-state index in [-0.39, 0.29) is 5.91 Å². The molecule has 2 aromatic rings. The van der Waals surface area contributed by atoms with Crippen LogP contribution in [0.25, 0.3) is 10.9 Å². The van der Waals surface area contributed by atoms with Gasteiger partial charge >= 0.3 is 0 Å². The number of pyridine rings is 1. The molecule has 1 fully saturated rings. The Labute approximate surface area is 117 Å². The summed E-state index contributed by atoms with van der Waals surface area (Å²) in [4.78, 5) is 16.4. The molecule has 0 bridgehead atoms. The summed E-state index contributed by atoms with van der Waals surface area (Å²) in [5.41, 5.74) is 1.14. The summed E-state index contributed by atoms with van der Waals surface area (Å²) >= 11 is 6.18. The second-order valence-corrected chi connectivity index (χ2v) is 5.60. The molecule has 1 aromatic carbocycles. The van der Waals surface area contributed by atoms with Crippen molar-refractivity contribution in [2.45, 2.75) is 13.3 Å². The molecule has 0 aliphatic heterocycles. The number of hydrogen-bond donors (Lipinski definition) is 1. The van der Waals surface area contributed by atoms with Crippen LogP contribution in [-0.4, -0.2) is 17.4 Å². The number of amides is 1. The first-order chi connectivity index (χ1) is 9.15. The average molecular weight is 275 g/mol. The lowest BCUT2D eigenvalue weighted by atomic mass is 10.2. The van der Waals surface area contributed by atoms with E-state index >= 15 is 0 Å². The molecule has 2 atom stereocenters. The van der Waals surface area contributed by atoms with E-state index in [4.69, 9.17) is 11.6 Å². The van der Waals surface area contributed by atoms with Crippen molar-refractivity contribution in [3.63, 3.8) is 0 Å². The Bertz CT molecular complexity index is 641. The summed E-state index contributed by atoms with van der Waals surface area (Å²) in [6.07, 6.45) is 1.20. The number of carbonyl (C=O) groups excluding carboxylic acids is 1. The Kier molecular flexibility index (Phi) is 3.15. The van der Waals surface area contributed by atoms with Gasteiger partial charge in [-0.2, -0.15) is 0 Å². The molecule has 1 N–H and O–H groups in total. The van der Waals surface area contributed by atoms with Crippen LogP contribution >= 0.6 is 11.6 Å². The van der Waals surface area contributed by atoms with Crippen molar-refractivity contribution in [3.8, 4) is 0 Å². The molecule has 1 aliphatic carbocycles. The molecule has 1 aliphatic rings. The van der Waals surface area contributed by atoms with Crippen LogP contribution in [0.15, 0.2) is 30.3 Å². The van der Waals surface area contributed by atoms with Crippen molar-refractivity contribution in [1.82, 2.24) is 10.3 Å². The second-order valence-electron chi connectivity index (χ2n) is 5.19. The minimum Gasteiger partial charge on any atom is -0.350 e. The largest absolute Gasteiger partial charge is 0.350 e. The summed E-state index contributed by atoms with van der Waals surface area (Å²) in [6.45, 7) is 2.92. The zero-order valence-corrected chi connectivity index (χ0v) is 11.4. The van der Waals surface area contributed by atoms with E-state index in [1.165, 1.54) is 6.42 Å². The predicted octanol–water partition coefficient (Wildman–Crippen LogP) is 3.27. The van der Waals surface area contributed by atoms with E-state index in [0.717, 1.165) is 23.4 Å². The molecule has 19 heavy (non-hydrogen) atoms. The van der Waals surface area contributed by atoms with E-state index < -0.39 is 0 Å². The number of halogens is 1. The molecular weight excluding hydrogens is 260 g/mol. The first kappa shape index (κ1) is 12.4. The topological polar surface area (TPSA) is 42.0 Å². The minimum absolute atomic E-state index is 0.147. The highest BCUT2D eigenvalue weighted by molar-refractivity contribution is 6.35. The SMILES string of the molecule is CC1CC1CNC(=O)c1cc(Cl)c2ccccc2n1. The predicted molar refractivity (Wildman–Crippen MR) is 76.4 cm³/mol. The molecule has 0 radical (unpaired) electrons. The fourth-order valence-electron chi connectivity index (χ4n) is 2.25. The summed E-state index contributed by atoms with van der Waals surface area (Å²) in [5, 5.41) is 4.36. The van der Waals surface area contributed by atoms with Gasteiger partial charge in [-0.05, 0) is 30.4 Å². The highest BCUT2D eigenvalue weighted by atomic mass is 35.5. The van der Waals surface area contributed by atoms with Crippen LogP contribution in [0.3, 0.4) is 0 Å². The number of hydrogen-bond acceptors (Lipinski definition) is 2. The van der Waals surface area contributed by atoms with Crippen LogP contribution in [0, 0.1) is 11.8 Å². The lowest BCUT2D eigenvalue weighted by Crippen LogP contribution is -2.26. The molecule has 1 saturated carbocycles. The highest BCUT2D eigenvalue weighted by Gasteiger charge is 2.32. The zero-order valence-electron chi connectivity index (χ0n) is 10.7. The maximum absolute atomic E-state index is 12.0. The van der Waals surface area contributed by atoms with Gasteiger partial charge in [0, 0.05) is 11.9 Å². The summed E-state index contributed by atoms with van der Waals surface area (Å²) in [5.74, 6) is 1.21. The summed E-state index contributed by atoms with van der Waals surface area (Å²) in [7, 11) is 0. The Balaban J connectivity index is 1.81. The highest BCUT2D eigenvalue weighted by Crippen LogP contribution is 2.36. The van der Waals surface area contributed by atoms with E-state index in [9.17, 15) is 4.79 Å².